The summed E-state index contributed by atoms with van der Waals surface area (Å²) in [5.74, 6) is 0. The van der Waals surface area contributed by atoms with E-state index in [-0.39, 0.29) is 23.2 Å². The van der Waals surface area contributed by atoms with Crippen molar-refractivity contribution in [2.75, 3.05) is 0 Å². The Kier molecular flexibility index (Phi) is 9.40. The first kappa shape index (κ1) is 37.5. The molecule has 59 heavy (non-hydrogen) atoms. The Morgan fingerprint density at radius 2 is 1.41 bits per heavy atom. The van der Waals surface area contributed by atoms with E-state index in [1.807, 2.05) is 6.21 Å². The molecule has 3 atom stereocenters. The summed E-state index contributed by atoms with van der Waals surface area (Å²) in [6.07, 6.45) is 13.9. The van der Waals surface area contributed by atoms with Gasteiger partial charge in [-0.3, -0.25) is 10.3 Å². The standard InChI is InChI=1S/C55H49N3S/c1-54(2)47-21-13-12-20-45(47)46-30-31-55(3,33-48(46)54)53(56)58-52(37-16-8-5-9-17-37)57-34-40-25-27-42(44-19-11-10-18-41(40)44)38-24-28-43-39(32-38)23-22-36-26-29-49(59)51(50(36)43)35-14-6-4-7-15-35/h4-12,14-20,22-32,34,52-53,58-59H,13,21,33,56H2,1-3H3. The molecule has 4 heteroatoms. The van der Waals surface area contributed by atoms with E-state index in [1.165, 1.54) is 65.9 Å². The molecule has 3 aliphatic carbocycles. The van der Waals surface area contributed by atoms with Crippen molar-refractivity contribution in [2.45, 2.75) is 57.3 Å². The molecule has 0 amide bonds. The highest BCUT2D eigenvalue weighted by molar-refractivity contribution is 7.80. The Balaban J connectivity index is 0.973. The van der Waals surface area contributed by atoms with E-state index in [4.69, 9.17) is 23.4 Å². The summed E-state index contributed by atoms with van der Waals surface area (Å²) in [7, 11) is 0. The summed E-state index contributed by atoms with van der Waals surface area (Å²) < 4.78 is 0. The van der Waals surface area contributed by atoms with Gasteiger partial charge in [-0.25, -0.2) is 0 Å². The molecule has 0 heterocycles. The lowest BCUT2D eigenvalue weighted by molar-refractivity contribution is 0.249. The van der Waals surface area contributed by atoms with E-state index in [0.717, 1.165) is 40.7 Å². The Morgan fingerprint density at radius 3 is 2.22 bits per heavy atom. The van der Waals surface area contributed by atoms with Crippen LogP contribution < -0.4 is 11.1 Å². The third kappa shape index (κ3) is 6.51. The first-order chi connectivity index (χ1) is 28.7. The molecule has 0 spiro atoms. The van der Waals surface area contributed by atoms with Gasteiger partial charge < -0.3 is 5.73 Å². The molecule has 0 aromatic heterocycles. The molecule has 290 valence electrons. The highest BCUT2D eigenvalue weighted by Gasteiger charge is 2.45. The second-order valence-electron chi connectivity index (χ2n) is 17.3. The van der Waals surface area contributed by atoms with Crippen LogP contribution in [0.15, 0.2) is 196 Å². The van der Waals surface area contributed by atoms with Crippen molar-refractivity contribution >= 4 is 51.2 Å². The van der Waals surface area contributed by atoms with Gasteiger partial charge in [0, 0.05) is 33.1 Å². The van der Waals surface area contributed by atoms with Crippen molar-refractivity contribution < 1.29 is 0 Å². The Morgan fingerprint density at radius 1 is 0.695 bits per heavy atom. The van der Waals surface area contributed by atoms with Gasteiger partial charge in [0.1, 0.15) is 6.17 Å². The van der Waals surface area contributed by atoms with Gasteiger partial charge in [0.25, 0.3) is 0 Å². The molecule has 3 aliphatic rings. The van der Waals surface area contributed by atoms with E-state index in [9.17, 15) is 0 Å². The minimum atomic E-state index is -0.329. The van der Waals surface area contributed by atoms with Crippen molar-refractivity contribution in [1.29, 1.82) is 0 Å². The van der Waals surface area contributed by atoms with Gasteiger partial charge in [-0.15, -0.1) is 12.6 Å². The van der Waals surface area contributed by atoms with Gasteiger partial charge in [-0.1, -0.05) is 184 Å². The predicted octanol–water partition coefficient (Wildman–Crippen LogP) is 13.7. The number of nitrogens with zero attached hydrogens (tertiary/aromatic N) is 1. The van der Waals surface area contributed by atoms with Crippen LogP contribution in [0.3, 0.4) is 0 Å². The second-order valence-corrected chi connectivity index (χ2v) is 17.8. The topological polar surface area (TPSA) is 50.4 Å². The van der Waals surface area contributed by atoms with E-state index < -0.39 is 0 Å². The van der Waals surface area contributed by atoms with Crippen molar-refractivity contribution in [3.8, 4) is 22.3 Å². The van der Waals surface area contributed by atoms with Gasteiger partial charge in [0.15, 0.2) is 0 Å². The number of aliphatic imine (C=N–C) groups is 1. The molecular formula is C55H49N3S. The van der Waals surface area contributed by atoms with Crippen LogP contribution >= 0.6 is 12.6 Å². The Labute approximate surface area is 353 Å². The lowest BCUT2D eigenvalue weighted by Crippen LogP contribution is -2.51. The Bertz CT molecular complexity index is 2950. The summed E-state index contributed by atoms with van der Waals surface area (Å²) in [4.78, 5) is 6.25. The monoisotopic (exact) mass is 783 g/mol. The number of hydrogen-bond acceptors (Lipinski definition) is 4. The highest BCUT2D eigenvalue weighted by Crippen LogP contribution is 2.56. The molecule has 3 nitrogen and oxygen atoms in total. The summed E-state index contributed by atoms with van der Waals surface area (Å²) >= 11 is 4.93. The van der Waals surface area contributed by atoms with Crippen LogP contribution in [0, 0.1) is 10.8 Å². The molecular weight excluding hydrogens is 735 g/mol. The van der Waals surface area contributed by atoms with Crippen LogP contribution in [0.1, 0.15) is 57.3 Å². The van der Waals surface area contributed by atoms with Crippen molar-refractivity contribution in [3.05, 3.63) is 197 Å². The van der Waals surface area contributed by atoms with Crippen molar-refractivity contribution in [2.24, 2.45) is 21.6 Å². The third-order valence-corrected chi connectivity index (χ3v) is 13.7. The molecule has 3 unspecified atom stereocenters. The number of nitrogens with one attached hydrogen (secondary N) is 1. The summed E-state index contributed by atoms with van der Waals surface area (Å²) in [6, 6.07) is 49.8. The molecule has 0 saturated carbocycles. The smallest absolute Gasteiger partial charge is 0.126 e. The number of fused-ring (bicyclic) bond motifs is 5. The third-order valence-electron chi connectivity index (χ3n) is 13.3. The molecule has 0 saturated heterocycles. The molecule has 0 radical (unpaired) electrons. The summed E-state index contributed by atoms with van der Waals surface area (Å²) in [5.41, 5.74) is 19.7. The second kappa shape index (κ2) is 14.8. The maximum Gasteiger partial charge on any atom is 0.126 e. The SMILES string of the molecule is CC1(C)C2=C(C=CCC2)C2=C1CC(C)(C(N)NC(N=Cc1ccc(-c3ccc4c(ccc5ccc(S)c(-c6ccccc6)c54)c3)c3ccccc13)c1ccccc1)C=C2. The van der Waals surface area contributed by atoms with E-state index in [1.54, 1.807) is 5.57 Å². The summed E-state index contributed by atoms with van der Waals surface area (Å²) in [6.45, 7) is 7.09. The number of nitrogens with two attached hydrogens (primary N) is 1. The number of benzene rings is 7. The number of allylic oxidation sites excluding steroid dienone is 7. The normalized spacial score (nSPS) is 19.5. The van der Waals surface area contributed by atoms with Gasteiger partial charge in [-0.2, -0.15) is 0 Å². The zero-order valence-corrected chi connectivity index (χ0v) is 34.8. The van der Waals surface area contributed by atoms with Crippen LogP contribution in [0.2, 0.25) is 0 Å². The van der Waals surface area contributed by atoms with Crippen LogP contribution in [-0.4, -0.2) is 12.4 Å². The minimum absolute atomic E-state index is 0.0365. The predicted molar refractivity (Wildman–Crippen MR) is 253 cm³/mol. The minimum Gasteiger partial charge on any atom is -0.315 e. The zero-order chi connectivity index (χ0) is 40.3. The van der Waals surface area contributed by atoms with Crippen LogP contribution in [-0.2, 0) is 0 Å². The first-order valence-corrected chi connectivity index (χ1v) is 21.3. The van der Waals surface area contributed by atoms with Crippen LogP contribution in [0.4, 0.5) is 0 Å². The molecule has 10 rings (SSSR count). The summed E-state index contributed by atoms with van der Waals surface area (Å²) in [5, 5.41) is 11.0. The molecule has 0 fully saturated rings. The zero-order valence-electron chi connectivity index (χ0n) is 33.9. The quantitative estimate of drug-likeness (QED) is 0.0622. The maximum atomic E-state index is 7.21. The lowest BCUT2D eigenvalue weighted by atomic mass is 9.68. The van der Waals surface area contributed by atoms with Gasteiger partial charge in [-0.05, 0) is 97.1 Å². The average molecular weight is 784 g/mol. The molecule has 7 aromatic rings. The van der Waals surface area contributed by atoms with Gasteiger partial charge >= 0.3 is 0 Å². The molecule has 7 aromatic carbocycles. The van der Waals surface area contributed by atoms with Gasteiger partial charge in [0.2, 0.25) is 0 Å². The van der Waals surface area contributed by atoms with E-state index in [2.05, 4.69) is 190 Å². The fraction of sp³-hybridized carbons (Fsp3) is 0.182. The van der Waals surface area contributed by atoms with Crippen molar-refractivity contribution in [3.63, 3.8) is 0 Å². The highest BCUT2D eigenvalue weighted by atomic mass is 32.1. The molecule has 0 aliphatic heterocycles. The number of rotatable bonds is 8. The average Bonchev–Trinajstić information content (AvgIpc) is 3.49. The lowest BCUT2D eigenvalue weighted by Gasteiger charge is -2.41. The number of hydrogen-bond donors (Lipinski definition) is 3. The van der Waals surface area contributed by atoms with E-state index >= 15 is 0 Å². The van der Waals surface area contributed by atoms with E-state index in [0.29, 0.717) is 0 Å². The maximum absolute atomic E-state index is 7.21. The van der Waals surface area contributed by atoms with Crippen LogP contribution in [0.25, 0.3) is 54.6 Å². The van der Waals surface area contributed by atoms with Gasteiger partial charge in [0.05, 0.1) is 6.17 Å². The molecule has 0 bridgehead atoms. The van der Waals surface area contributed by atoms with Crippen LogP contribution in [0.5, 0.6) is 0 Å². The van der Waals surface area contributed by atoms with Crippen molar-refractivity contribution in [1.82, 2.24) is 5.32 Å². The largest absolute Gasteiger partial charge is 0.315 e. The number of thiol groups is 1. The fourth-order valence-electron chi connectivity index (χ4n) is 9.95. The fourth-order valence-corrected chi connectivity index (χ4v) is 10.3. The Hall–Kier alpha value is -5.78. The first-order valence-electron chi connectivity index (χ1n) is 20.9. The molecule has 3 N–H and O–H groups in total.